The zero-order valence-electron chi connectivity index (χ0n) is 12.1. The Kier molecular flexibility index (Phi) is 5.13. The summed E-state index contributed by atoms with van der Waals surface area (Å²) < 4.78 is 36.3. The van der Waals surface area contributed by atoms with Crippen molar-refractivity contribution in [1.29, 1.82) is 5.26 Å². The van der Waals surface area contributed by atoms with Gasteiger partial charge >= 0.3 is 5.97 Å². The van der Waals surface area contributed by atoms with Crippen LogP contribution in [0.15, 0.2) is 29.2 Å². The summed E-state index contributed by atoms with van der Waals surface area (Å²) in [6, 6.07) is 7.39. The maximum atomic E-state index is 12.5. The van der Waals surface area contributed by atoms with Gasteiger partial charge in [0.25, 0.3) is 0 Å². The van der Waals surface area contributed by atoms with Crippen molar-refractivity contribution in [2.45, 2.75) is 17.9 Å². The number of nitriles is 1. The lowest BCUT2D eigenvalue weighted by molar-refractivity contribution is 0.0435. The van der Waals surface area contributed by atoms with Crippen molar-refractivity contribution in [3.8, 4) is 6.07 Å². The van der Waals surface area contributed by atoms with E-state index < -0.39 is 22.1 Å². The third-order valence-electron chi connectivity index (χ3n) is 3.14. The molecule has 2 rings (SSSR count). The molecule has 1 aliphatic rings. The van der Waals surface area contributed by atoms with Crippen LogP contribution in [0.3, 0.4) is 0 Å². The van der Waals surface area contributed by atoms with Gasteiger partial charge in [0.1, 0.15) is 6.07 Å². The number of ether oxygens (including phenoxy) is 2. The number of hydrogen-bond donors (Lipinski definition) is 0. The molecule has 0 N–H and O–H groups in total. The van der Waals surface area contributed by atoms with Gasteiger partial charge in [-0.2, -0.15) is 9.57 Å². The van der Waals surface area contributed by atoms with Gasteiger partial charge in [-0.3, -0.25) is 0 Å². The fraction of sp³-hybridized carbons (Fsp3) is 0.429. The molecule has 1 atom stereocenters. The fourth-order valence-corrected chi connectivity index (χ4v) is 3.43. The van der Waals surface area contributed by atoms with Crippen LogP contribution >= 0.6 is 0 Å². The Hall–Kier alpha value is -1.95. The summed E-state index contributed by atoms with van der Waals surface area (Å²) in [6.45, 7) is 2.69. The van der Waals surface area contributed by atoms with Gasteiger partial charge in [-0.1, -0.05) is 6.07 Å². The summed E-state index contributed by atoms with van der Waals surface area (Å²) in [4.78, 5) is 11.9. The molecule has 1 aliphatic heterocycles. The van der Waals surface area contributed by atoms with Gasteiger partial charge in [-0.25, -0.2) is 13.2 Å². The molecule has 0 aromatic heterocycles. The van der Waals surface area contributed by atoms with Crippen molar-refractivity contribution in [2.24, 2.45) is 0 Å². The Labute approximate surface area is 129 Å². The molecule has 0 saturated carbocycles. The summed E-state index contributed by atoms with van der Waals surface area (Å²) in [5, 5.41) is 8.64. The number of sulfonamides is 1. The lowest BCUT2D eigenvalue weighted by atomic mass is 10.2. The molecule has 1 aromatic carbocycles. The Bertz CT molecular complexity index is 689. The summed E-state index contributed by atoms with van der Waals surface area (Å²) >= 11 is 0. The van der Waals surface area contributed by atoms with Crippen LogP contribution in [-0.2, 0) is 19.5 Å². The molecule has 1 fully saturated rings. The Morgan fingerprint density at radius 2 is 2.09 bits per heavy atom. The first-order valence-corrected chi connectivity index (χ1v) is 8.17. The van der Waals surface area contributed by atoms with Crippen LogP contribution in [0.5, 0.6) is 0 Å². The van der Waals surface area contributed by atoms with E-state index in [1.807, 2.05) is 0 Å². The lowest BCUT2D eigenvalue weighted by Gasteiger charge is -2.26. The summed E-state index contributed by atoms with van der Waals surface area (Å²) in [6.07, 6.45) is -0.896. The quantitative estimate of drug-likeness (QED) is 0.759. The number of esters is 1. The van der Waals surface area contributed by atoms with E-state index in [0.29, 0.717) is 13.2 Å². The first kappa shape index (κ1) is 16.4. The van der Waals surface area contributed by atoms with Crippen molar-refractivity contribution in [3.63, 3.8) is 0 Å². The van der Waals surface area contributed by atoms with E-state index in [0.717, 1.165) is 0 Å². The number of benzene rings is 1. The third-order valence-corrected chi connectivity index (χ3v) is 5.04. The largest absolute Gasteiger partial charge is 0.444 e. The van der Waals surface area contributed by atoms with Crippen LogP contribution in [0, 0.1) is 11.3 Å². The zero-order valence-corrected chi connectivity index (χ0v) is 12.9. The molecule has 0 bridgehead atoms. The molecule has 0 aliphatic carbocycles. The zero-order chi connectivity index (χ0) is 16.2. The van der Waals surface area contributed by atoms with Crippen LogP contribution in [-0.4, -0.2) is 51.1 Å². The maximum absolute atomic E-state index is 12.5. The van der Waals surface area contributed by atoms with E-state index in [1.54, 1.807) is 6.07 Å². The highest BCUT2D eigenvalue weighted by molar-refractivity contribution is 7.89. The first-order valence-electron chi connectivity index (χ1n) is 6.73. The highest BCUT2D eigenvalue weighted by Crippen LogP contribution is 2.19. The average molecular weight is 324 g/mol. The fourth-order valence-electron chi connectivity index (χ4n) is 1.97. The second kappa shape index (κ2) is 6.87. The SMILES string of the molecule is CC(C#N)OC(=O)c1cccc(S(=O)(=O)N2CCOCC2)c1. The van der Waals surface area contributed by atoms with Gasteiger partial charge in [-0.15, -0.1) is 0 Å². The average Bonchev–Trinajstić information content (AvgIpc) is 2.55. The molecule has 8 heteroatoms. The molecule has 7 nitrogen and oxygen atoms in total. The minimum atomic E-state index is -3.67. The minimum Gasteiger partial charge on any atom is -0.444 e. The first-order chi connectivity index (χ1) is 10.4. The summed E-state index contributed by atoms with van der Waals surface area (Å²) in [5.74, 6) is -0.729. The van der Waals surface area contributed by atoms with Crippen LogP contribution in [0.25, 0.3) is 0 Å². The predicted molar refractivity (Wildman–Crippen MR) is 76.5 cm³/mol. The molecular formula is C14H16N2O5S. The lowest BCUT2D eigenvalue weighted by Crippen LogP contribution is -2.40. The molecule has 22 heavy (non-hydrogen) atoms. The number of rotatable bonds is 4. The van der Waals surface area contributed by atoms with Gasteiger partial charge in [0.15, 0.2) is 6.10 Å². The Morgan fingerprint density at radius 3 is 2.73 bits per heavy atom. The topological polar surface area (TPSA) is 96.7 Å². The van der Waals surface area contributed by atoms with Crippen LogP contribution in [0.2, 0.25) is 0 Å². The second-order valence-electron chi connectivity index (χ2n) is 4.72. The smallest absolute Gasteiger partial charge is 0.339 e. The Balaban J connectivity index is 2.24. The molecule has 118 valence electrons. The molecule has 0 radical (unpaired) electrons. The monoisotopic (exact) mass is 324 g/mol. The van der Waals surface area contributed by atoms with Gasteiger partial charge in [-0.05, 0) is 25.1 Å². The van der Waals surface area contributed by atoms with Crippen LogP contribution in [0.4, 0.5) is 0 Å². The van der Waals surface area contributed by atoms with Crippen molar-refractivity contribution in [2.75, 3.05) is 26.3 Å². The van der Waals surface area contributed by atoms with Crippen molar-refractivity contribution in [3.05, 3.63) is 29.8 Å². The molecule has 0 amide bonds. The van der Waals surface area contributed by atoms with Crippen LogP contribution < -0.4 is 0 Å². The maximum Gasteiger partial charge on any atom is 0.339 e. The molecule has 1 heterocycles. The normalized spacial score (nSPS) is 17.5. The number of hydrogen-bond acceptors (Lipinski definition) is 6. The van der Waals surface area contributed by atoms with E-state index in [-0.39, 0.29) is 23.5 Å². The van der Waals surface area contributed by atoms with E-state index >= 15 is 0 Å². The number of carbonyl (C=O) groups excluding carboxylic acids is 1. The van der Waals surface area contributed by atoms with Gasteiger partial charge < -0.3 is 9.47 Å². The molecule has 0 spiro atoms. The van der Waals surface area contributed by atoms with Gasteiger partial charge in [0.2, 0.25) is 10.0 Å². The van der Waals surface area contributed by atoms with Gasteiger partial charge in [0.05, 0.1) is 23.7 Å². The standard InChI is InChI=1S/C14H16N2O5S/c1-11(10-15)21-14(17)12-3-2-4-13(9-12)22(18,19)16-5-7-20-8-6-16/h2-4,9,11H,5-8H2,1H3. The highest BCUT2D eigenvalue weighted by Gasteiger charge is 2.27. The number of carbonyl (C=O) groups is 1. The van der Waals surface area contributed by atoms with E-state index in [2.05, 4.69) is 0 Å². The summed E-state index contributed by atoms with van der Waals surface area (Å²) in [5.41, 5.74) is 0.0939. The minimum absolute atomic E-state index is 0.0217. The molecule has 1 aromatic rings. The summed E-state index contributed by atoms with van der Waals surface area (Å²) in [7, 11) is -3.67. The number of morpholine rings is 1. The third kappa shape index (κ3) is 3.62. The van der Waals surface area contributed by atoms with E-state index in [4.69, 9.17) is 14.7 Å². The van der Waals surface area contributed by atoms with Gasteiger partial charge in [0, 0.05) is 13.1 Å². The highest BCUT2D eigenvalue weighted by atomic mass is 32.2. The molecule has 1 unspecified atom stereocenters. The Morgan fingerprint density at radius 1 is 1.41 bits per heavy atom. The second-order valence-corrected chi connectivity index (χ2v) is 6.66. The van der Waals surface area contributed by atoms with Crippen molar-refractivity contribution < 1.29 is 22.7 Å². The van der Waals surface area contributed by atoms with E-state index in [1.165, 1.54) is 35.5 Å². The van der Waals surface area contributed by atoms with Crippen molar-refractivity contribution in [1.82, 2.24) is 4.31 Å². The number of nitrogens with zero attached hydrogens (tertiary/aromatic N) is 2. The molecular weight excluding hydrogens is 308 g/mol. The predicted octanol–water partition coefficient (Wildman–Crippen LogP) is 0.776. The van der Waals surface area contributed by atoms with E-state index in [9.17, 15) is 13.2 Å². The van der Waals surface area contributed by atoms with Crippen LogP contribution in [0.1, 0.15) is 17.3 Å². The van der Waals surface area contributed by atoms with Crippen molar-refractivity contribution >= 4 is 16.0 Å². The molecule has 1 saturated heterocycles.